The molecule has 1 atom stereocenters. The third-order valence-electron chi connectivity index (χ3n) is 7.38. The molecule has 198 valence electrons. The van der Waals surface area contributed by atoms with Gasteiger partial charge in [-0.3, -0.25) is 0 Å². The maximum Gasteiger partial charge on any atom is 0.231 e. The highest BCUT2D eigenvalue weighted by molar-refractivity contribution is 5.82. The van der Waals surface area contributed by atoms with Gasteiger partial charge < -0.3 is 23.8 Å². The standard InChI is InChI=1S/C30H28F3NO4/c1-3-4-9-36-30-22-15-34-8-7-18-13-26-27(38-16-37-26)14-20(18)29(34)21(19(22)5-6-25(30)35-2)10-17-11-23(31)28(33)24(32)12-17/h5-6,11-15,30H,3-4,7-10,16H2,1-2H3. The predicted octanol–water partition coefficient (Wildman–Crippen LogP) is 6.20. The smallest absolute Gasteiger partial charge is 0.231 e. The molecule has 8 heteroatoms. The van der Waals surface area contributed by atoms with E-state index in [1.165, 1.54) is 0 Å². The van der Waals surface area contributed by atoms with Gasteiger partial charge >= 0.3 is 0 Å². The fourth-order valence-electron chi connectivity index (χ4n) is 5.52. The molecule has 1 aliphatic carbocycles. The molecule has 4 aliphatic rings. The fourth-order valence-corrected chi connectivity index (χ4v) is 5.52. The summed E-state index contributed by atoms with van der Waals surface area (Å²) < 4.78 is 65.5. The first kappa shape index (κ1) is 24.7. The van der Waals surface area contributed by atoms with Gasteiger partial charge in [-0.25, -0.2) is 13.2 Å². The van der Waals surface area contributed by atoms with Crippen molar-refractivity contribution in [2.24, 2.45) is 0 Å². The van der Waals surface area contributed by atoms with Crippen LogP contribution in [-0.2, 0) is 22.3 Å². The molecule has 0 amide bonds. The third kappa shape index (κ3) is 4.17. The lowest BCUT2D eigenvalue weighted by molar-refractivity contribution is 0.0588. The predicted molar refractivity (Wildman–Crippen MR) is 136 cm³/mol. The fraction of sp³-hybridized carbons (Fsp3) is 0.333. The van der Waals surface area contributed by atoms with Gasteiger partial charge in [0, 0.05) is 36.9 Å². The second-order valence-electron chi connectivity index (χ2n) is 9.73. The van der Waals surface area contributed by atoms with Crippen LogP contribution in [0.2, 0.25) is 0 Å². The molecule has 0 radical (unpaired) electrons. The first-order chi connectivity index (χ1) is 18.5. The molecule has 0 saturated carbocycles. The van der Waals surface area contributed by atoms with Crippen LogP contribution in [0, 0.1) is 17.5 Å². The van der Waals surface area contributed by atoms with E-state index in [4.69, 9.17) is 18.9 Å². The van der Waals surface area contributed by atoms with Crippen molar-refractivity contribution < 1.29 is 32.1 Å². The number of hydrogen-bond acceptors (Lipinski definition) is 5. The number of rotatable bonds is 7. The van der Waals surface area contributed by atoms with Crippen LogP contribution >= 0.6 is 0 Å². The van der Waals surface area contributed by atoms with Crippen LogP contribution < -0.4 is 9.47 Å². The van der Waals surface area contributed by atoms with Gasteiger partial charge in [0.2, 0.25) is 6.79 Å². The second kappa shape index (κ2) is 9.91. The first-order valence-electron chi connectivity index (χ1n) is 12.8. The van der Waals surface area contributed by atoms with E-state index < -0.39 is 23.6 Å². The topological polar surface area (TPSA) is 40.2 Å². The van der Waals surface area contributed by atoms with Crippen molar-refractivity contribution in [1.82, 2.24) is 4.90 Å². The molecule has 2 aromatic rings. The summed E-state index contributed by atoms with van der Waals surface area (Å²) in [5.41, 5.74) is 6.02. The molecule has 0 N–H and O–H groups in total. The Bertz CT molecular complexity index is 1400. The Morgan fingerprint density at radius 1 is 1.03 bits per heavy atom. The molecule has 6 rings (SSSR count). The maximum atomic E-state index is 14.2. The zero-order chi connectivity index (χ0) is 26.4. The largest absolute Gasteiger partial charge is 0.498 e. The van der Waals surface area contributed by atoms with Crippen molar-refractivity contribution in [2.75, 3.05) is 27.1 Å². The Kier molecular flexibility index (Phi) is 6.43. The van der Waals surface area contributed by atoms with E-state index in [2.05, 4.69) is 18.0 Å². The first-order valence-corrected chi connectivity index (χ1v) is 12.8. The van der Waals surface area contributed by atoms with E-state index in [9.17, 15) is 13.2 Å². The number of methoxy groups -OCH3 is 1. The van der Waals surface area contributed by atoms with Crippen LogP contribution in [-0.4, -0.2) is 38.1 Å². The van der Waals surface area contributed by atoms with E-state index in [1.807, 2.05) is 24.3 Å². The van der Waals surface area contributed by atoms with Gasteiger partial charge in [0.15, 0.2) is 29.0 Å². The molecular formula is C30H28F3NO4. The second-order valence-corrected chi connectivity index (χ2v) is 9.73. The van der Waals surface area contributed by atoms with Crippen LogP contribution in [0.3, 0.4) is 0 Å². The Morgan fingerprint density at radius 3 is 2.53 bits per heavy atom. The Labute approximate surface area is 219 Å². The van der Waals surface area contributed by atoms with Gasteiger partial charge in [-0.05, 0) is 65.5 Å². The summed E-state index contributed by atoms with van der Waals surface area (Å²) >= 11 is 0. The van der Waals surface area contributed by atoms with Crippen molar-refractivity contribution in [3.63, 3.8) is 0 Å². The van der Waals surface area contributed by atoms with Gasteiger partial charge in [-0.2, -0.15) is 0 Å². The molecule has 2 aromatic carbocycles. The van der Waals surface area contributed by atoms with E-state index in [0.29, 0.717) is 36.0 Å². The van der Waals surface area contributed by atoms with Crippen LogP contribution in [0.5, 0.6) is 11.5 Å². The Hall–Kier alpha value is -3.65. The van der Waals surface area contributed by atoms with E-state index in [0.717, 1.165) is 64.9 Å². The summed E-state index contributed by atoms with van der Waals surface area (Å²) in [6.07, 6.45) is 8.39. The summed E-state index contributed by atoms with van der Waals surface area (Å²) in [5, 5.41) is 0. The van der Waals surface area contributed by atoms with Crippen LogP contribution in [0.15, 0.2) is 65.1 Å². The normalized spacial score (nSPS) is 19.3. The van der Waals surface area contributed by atoms with E-state index in [1.54, 1.807) is 7.11 Å². The lowest BCUT2D eigenvalue weighted by Gasteiger charge is -2.40. The molecule has 0 bridgehead atoms. The maximum absolute atomic E-state index is 14.2. The summed E-state index contributed by atoms with van der Waals surface area (Å²) in [4.78, 5) is 2.16. The van der Waals surface area contributed by atoms with Crippen LogP contribution in [0.25, 0.3) is 5.70 Å². The Morgan fingerprint density at radius 2 is 1.79 bits per heavy atom. The highest BCUT2D eigenvalue weighted by Crippen LogP contribution is 2.47. The quantitative estimate of drug-likeness (QED) is 0.319. The SMILES string of the molecule is CCCCOC1C(OC)=CC=C2C1=CN1CCc3cc4c(cc3C1=C2Cc1cc(F)c(F)c(F)c1)OCO4. The van der Waals surface area contributed by atoms with Gasteiger partial charge in [-0.15, -0.1) is 0 Å². The highest BCUT2D eigenvalue weighted by Gasteiger charge is 2.37. The number of halogens is 3. The molecule has 0 aromatic heterocycles. The zero-order valence-electron chi connectivity index (χ0n) is 21.3. The third-order valence-corrected chi connectivity index (χ3v) is 7.38. The van der Waals surface area contributed by atoms with Gasteiger partial charge in [-0.1, -0.05) is 19.4 Å². The summed E-state index contributed by atoms with van der Waals surface area (Å²) in [7, 11) is 1.62. The lowest BCUT2D eigenvalue weighted by atomic mass is 9.79. The molecule has 3 aliphatic heterocycles. The van der Waals surface area contributed by atoms with Crippen molar-refractivity contribution in [3.8, 4) is 11.5 Å². The van der Waals surface area contributed by atoms with Crippen molar-refractivity contribution in [1.29, 1.82) is 0 Å². The molecule has 0 saturated heterocycles. The Balaban J connectivity index is 1.51. The average Bonchev–Trinajstić information content (AvgIpc) is 3.37. The number of benzene rings is 2. The number of nitrogens with zero attached hydrogens (tertiary/aromatic N) is 1. The molecule has 38 heavy (non-hydrogen) atoms. The molecule has 0 spiro atoms. The van der Waals surface area contributed by atoms with Gasteiger partial charge in [0.1, 0.15) is 11.9 Å². The molecule has 1 unspecified atom stereocenters. The van der Waals surface area contributed by atoms with E-state index >= 15 is 0 Å². The van der Waals surface area contributed by atoms with Gasteiger partial charge in [0.05, 0.1) is 12.8 Å². The summed E-state index contributed by atoms with van der Waals surface area (Å²) in [6, 6.07) is 6.10. The molecule has 0 fully saturated rings. The lowest BCUT2D eigenvalue weighted by Crippen LogP contribution is -2.34. The minimum Gasteiger partial charge on any atom is -0.498 e. The van der Waals surface area contributed by atoms with Crippen LogP contribution in [0.1, 0.15) is 36.5 Å². The summed E-state index contributed by atoms with van der Waals surface area (Å²) in [5.74, 6) is -1.82. The van der Waals surface area contributed by atoms with Gasteiger partial charge in [0.25, 0.3) is 0 Å². The van der Waals surface area contributed by atoms with Crippen molar-refractivity contribution in [3.05, 3.63) is 99.2 Å². The highest BCUT2D eigenvalue weighted by atomic mass is 19.2. The number of ether oxygens (including phenoxy) is 4. The van der Waals surface area contributed by atoms with Crippen molar-refractivity contribution >= 4 is 5.70 Å². The minimum absolute atomic E-state index is 0.165. The monoisotopic (exact) mass is 523 g/mol. The average molecular weight is 524 g/mol. The van der Waals surface area contributed by atoms with E-state index in [-0.39, 0.29) is 13.2 Å². The number of unbranched alkanes of at least 4 members (excludes halogenated alkanes) is 1. The molecule has 3 heterocycles. The van der Waals surface area contributed by atoms with Crippen molar-refractivity contribution in [2.45, 2.75) is 38.7 Å². The summed E-state index contributed by atoms with van der Waals surface area (Å²) in [6.45, 7) is 3.53. The molecular weight excluding hydrogens is 495 g/mol. The zero-order valence-corrected chi connectivity index (χ0v) is 21.3. The number of hydrogen-bond donors (Lipinski definition) is 0. The minimum atomic E-state index is -1.47. The number of allylic oxidation sites excluding steroid dienone is 3. The number of fused-ring (bicyclic) bond motifs is 5. The molecule has 5 nitrogen and oxygen atoms in total. The van der Waals surface area contributed by atoms with Crippen LogP contribution in [0.4, 0.5) is 13.2 Å².